The second kappa shape index (κ2) is 5.46. The first-order chi connectivity index (χ1) is 8.27. The maximum Gasteiger partial charge on any atom is 0.247 e. The van der Waals surface area contributed by atoms with Gasteiger partial charge >= 0.3 is 0 Å². The molecule has 4 heteroatoms. The van der Waals surface area contributed by atoms with Crippen LogP contribution < -0.4 is 5.32 Å². The van der Waals surface area contributed by atoms with E-state index in [0.29, 0.717) is 5.69 Å². The monoisotopic (exact) mass is 246 g/mol. The number of nitrogens with one attached hydrogen (secondary N) is 1. The van der Waals surface area contributed by atoms with Gasteiger partial charge in [-0.3, -0.25) is 9.78 Å². The summed E-state index contributed by atoms with van der Waals surface area (Å²) in [7, 11) is 0. The van der Waals surface area contributed by atoms with Crippen LogP contribution in [0.15, 0.2) is 54.9 Å². The standard InChI is InChI=1S/C13H11ClN2O/c14-12(10-5-2-1-3-6-10)13(17)16-11-7-4-8-15-9-11/h1-9,12H,(H,16,17). The zero-order valence-electron chi connectivity index (χ0n) is 9.01. The zero-order chi connectivity index (χ0) is 12.1. The van der Waals surface area contributed by atoms with E-state index < -0.39 is 5.38 Å². The Kier molecular flexibility index (Phi) is 3.73. The van der Waals surface area contributed by atoms with Crippen molar-refractivity contribution >= 4 is 23.2 Å². The molecule has 0 radical (unpaired) electrons. The predicted molar refractivity (Wildman–Crippen MR) is 67.9 cm³/mol. The number of benzene rings is 1. The van der Waals surface area contributed by atoms with Crippen molar-refractivity contribution in [1.82, 2.24) is 4.98 Å². The van der Waals surface area contributed by atoms with Crippen LogP contribution in [0.1, 0.15) is 10.9 Å². The summed E-state index contributed by atoms with van der Waals surface area (Å²) in [4.78, 5) is 15.8. The number of nitrogens with zero attached hydrogens (tertiary/aromatic N) is 1. The van der Waals surface area contributed by atoms with Crippen LogP contribution in [0.25, 0.3) is 0 Å². The van der Waals surface area contributed by atoms with E-state index in [9.17, 15) is 4.79 Å². The van der Waals surface area contributed by atoms with E-state index in [0.717, 1.165) is 5.56 Å². The smallest absolute Gasteiger partial charge is 0.247 e. The minimum atomic E-state index is -0.698. The van der Waals surface area contributed by atoms with Gasteiger partial charge in [-0.05, 0) is 17.7 Å². The summed E-state index contributed by atoms with van der Waals surface area (Å²) in [6.07, 6.45) is 3.22. The third-order valence-corrected chi connectivity index (χ3v) is 2.70. The first-order valence-electron chi connectivity index (χ1n) is 5.17. The Hall–Kier alpha value is -1.87. The van der Waals surface area contributed by atoms with Crippen molar-refractivity contribution in [2.24, 2.45) is 0 Å². The molecule has 1 aromatic heterocycles. The molecule has 1 aromatic carbocycles. The molecule has 3 nitrogen and oxygen atoms in total. The van der Waals surface area contributed by atoms with E-state index in [1.54, 1.807) is 24.5 Å². The van der Waals surface area contributed by atoms with Crippen LogP contribution in [0, 0.1) is 0 Å². The lowest BCUT2D eigenvalue weighted by Crippen LogP contribution is -2.17. The molecule has 0 saturated heterocycles. The molecule has 0 aliphatic carbocycles. The van der Waals surface area contributed by atoms with E-state index in [1.165, 1.54) is 0 Å². The van der Waals surface area contributed by atoms with E-state index >= 15 is 0 Å². The molecule has 0 aliphatic heterocycles. The fourth-order valence-corrected chi connectivity index (χ4v) is 1.62. The molecular formula is C13H11ClN2O. The summed E-state index contributed by atoms with van der Waals surface area (Å²) in [5, 5.41) is 2.01. The number of anilines is 1. The van der Waals surface area contributed by atoms with Crippen LogP contribution >= 0.6 is 11.6 Å². The molecule has 86 valence electrons. The third-order valence-electron chi connectivity index (χ3n) is 2.25. The van der Waals surface area contributed by atoms with Crippen LogP contribution in [0.3, 0.4) is 0 Å². The summed E-state index contributed by atoms with van der Waals surface area (Å²) in [5.41, 5.74) is 1.41. The highest BCUT2D eigenvalue weighted by Crippen LogP contribution is 2.21. The van der Waals surface area contributed by atoms with Gasteiger partial charge < -0.3 is 5.32 Å². The van der Waals surface area contributed by atoms with Gasteiger partial charge in [0.2, 0.25) is 5.91 Å². The quantitative estimate of drug-likeness (QED) is 0.846. The molecule has 0 fully saturated rings. The molecular weight excluding hydrogens is 236 g/mol. The number of amides is 1. The SMILES string of the molecule is O=C(Nc1cccnc1)C(Cl)c1ccccc1. The Bertz CT molecular complexity index is 487. The maximum absolute atomic E-state index is 11.8. The highest BCUT2D eigenvalue weighted by molar-refractivity contribution is 6.32. The van der Waals surface area contributed by atoms with E-state index in [-0.39, 0.29) is 5.91 Å². The Morgan fingerprint density at radius 1 is 1.18 bits per heavy atom. The Morgan fingerprint density at radius 3 is 2.59 bits per heavy atom. The van der Waals surface area contributed by atoms with Crippen LogP contribution in [-0.4, -0.2) is 10.9 Å². The summed E-state index contributed by atoms with van der Waals surface area (Å²) in [6, 6.07) is 12.7. The molecule has 0 bridgehead atoms. The average molecular weight is 247 g/mol. The largest absolute Gasteiger partial charge is 0.323 e. The minimum Gasteiger partial charge on any atom is -0.323 e. The number of hydrogen-bond donors (Lipinski definition) is 1. The fraction of sp³-hybridized carbons (Fsp3) is 0.0769. The Morgan fingerprint density at radius 2 is 1.94 bits per heavy atom. The van der Waals surface area contributed by atoms with Gasteiger partial charge in [0.05, 0.1) is 11.9 Å². The van der Waals surface area contributed by atoms with Gasteiger partial charge in [0, 0.05) is 6.20 Å². The van der Waals surface area contributed by atoms with Gasteiger partial charge in [0.1, 0.15) is 5.38 Å². The number of aromatic nitrogens is 1. The van der Waals surface area contributed by atoms with Crippen molar-refractivity contribution in [3.63, 3.8) is 0 Å². The second-order valence-electron chi connectivity index (χ2n) is 3.50. The van der Waals surface area contributed by atoms with Crippen molar-refractivity contribution in [3.8, 4) is 0 Å². The normalized spacial score (nSPS) is 11.8. The highest BCUT2D eigenvalue weighted by Gasteiger charge is 2.17. The summed E-state index contributed by atoms with van der Waals surface area (Å²) >= 11 is 6.07. The molecule has 1 unspecified atom stereocenters. The fourth-order valence-electron chi connectivity index (χ4n) is 1.42. The molecule has 0 spiro atoms. The van der Waals surface area contributed by atoms with Crippen molar-refractivity contribution in [3.05, 3.63) is 60.4 Å². The molecule has 2 rings (SSSR count). The Labute approximate surface area is 104 Å². The van der Waals surface area contributed by atoms with Crippen molar-refractivity contribution in [2.75, 3.05) is 5.32 Å². The van der Waals surface area contributed by atoms with E-state index in [2.05, 4.69) is 10.3 Å². The topological polar surface area (TPSA) is 42.0 Å². The lowest BCUT2D eigenvalue weighted by atomic mass is 10.1. The van der Waals surface area contributed by atoms with Crippen LogP contribution in [0.4, 0.5) is 5.69 Å². The van der Waals surface area contributed by atoms with Gasteiger partial charge in [-0.1, -0.05) is 30.3 Å². The lowest BCUT2D eigenvalue weighted by molar-refractivity contribution is -0.116. The first-order valence-corrected chi connectivity index (χ1v) is 5.61. The number of carbonyl (C=O) groups is 1. The molecule has 1 amide bonds. The number of alkyl halides is 1. The van der Waals surface area contributed by atoms with Gasteiger partial charge in [-0.2, -0.15) is 0 Å². The summed E-state index contributed by atoms with van der Waals surface area (Å²) < 4.78 is 0. The summed E-state index contributed by atoms with van der Waals surface area (Å²) in [6.45, 7) is 0. The number of pyridine rings is 1. The number of hydrogen-bond acceptors (Lipinski definition) is 2. The maximum atomic E-state index is 11.8. The predicted octanol–water partition coefficient (Wildman–Crippen LogP) is 3.00. The average Bonchev–Trinajstić information content (AvgIpc) is 2.40. The van der Waals surface area contributed by atoms with Crippen molar-refractivity contribution < 1.29 is 4.79 Å². The van der Waals surface area contributed by atoms with Gasteiger partial charge in [0.25, 0.3) is 0 Å². The number of rotatable bonds is 3. The minimum absolute atomic E-state index is 0.258. The van der Waals surface area contributed by atoms with E-state index in [1.807, 2.05) is 30.3 Å². The van der Waals surface area contributed by atoms with Crippen LogP contribution in [0.5, 0.6) is 0 Å². The first kappa shape index (κ1) is 11.6. The number of halogens is 1. The van der Waals surface area contributed by atoms with Gasteiger partial charge in [-0.15, -0.1) is 11.6 Å². The van der Waals surface area contributed by atoms with Crippen LogP contribution in [0.2, 0.25) is 0 Å². The molecule has 0 aliphatic rings. The van der Waals surface area contributed by atoms with Gasteiger partial charge in [0.15, 0.2) is 0 Å². The Balaban J connectivity index is 2.06. The molecule has 1 N–H and O–H groups in total. The van der Waals surface area contributed by atoms with E-state index in [4.69, 9.17) is 11.6 Å². The molecule has 0 saturated carbocycles. The van der Waals surface area contributed by atoms with Crippen molar-refractivity contribution in [2.45, 2.75) is 5.38 Å². The second-order valence-corrected chi connectivity index (χ2v) is 3.94. The zero-order valence-corrected chi connectivity index (χ0v) is 9.76. The van der Waals surface area contributed by atoms with Gasteiger partial charge in [-0.25, -0.2) is 0 Å². The molecule has 2 aromatic rings. The third kappa shape index (κ3) is 3.04. The highest BCUT2D eigenvalue weighted by atomic mass is 35.5. The number of carbonyl (C=O) groups excluding carboxylic acids is 1. The van der Waals surface area contributed by atoms with Crippen molar-refractivity contribution in [1.29, 1.82) is 0 Å². The summed E-state index contributed by atoms with van der Waals surface area (Å²) in [5.74, 6) is -0.258. The lowest BCUT2D eigenvalue weighted by Gasteiger charge is -2.10. The molecule has 1 atom stereocenters. The molecule has 17 heavy (non-hydrogen) atoms. The molecule has 1 heterocycles. The van der Waals surface area contributed by atoms with Crippen LogP contribution in [-0.2, 0) is 4.79 Å².